The molecule has 0 unspecified atom stereocenters. The number of nitrogens with zero attached hydrogens (tertiary/aromatic N) is 1. The Morgan fingerprint density at radius 1 is 0.857 bits per heavy atom. The number of esters is 1. The van der Waals surface area contributed by atoms with Crippen molar-refractivity contribution in [2.45, 2.75) is 24.4 Å². The number of ether oxygens (including phenoxy) is 3. The third kappa shape index (κ3) is 3.88. The summed E-state index contributed by atoms with van der Waals surface area (Å²) < 4.78 is 16.5. The van der Waals surface area contributed by atoms with Gasteiger partial charge < -0.3 is 14.2 Å². The Hall–Kier alpha value is -3.64. The topological polar surface area (TPSA) is 65.1 Å². The van der Waals surface area contributed by atoms with Crippen molar-refractivity contribution in [2.24, 2.45) is 5.92 Å². The Balaban J connectivity index is 1.74. The van der Waals surface area contributed by atoms with Gasteiger partial charge in [-0.05, 0) is 35.2 Å². The molecule has 0 saturated carbocycles. The van der Waals surface area contributed by atoms with Crippen molar-refractivity contribution in [2.75, 3.05) is 27.9 Å². The Kier molecular flexibility index (Phi) is 6.31. The van der Waals surface area contributed by atoms with Gasteiger partial charge in [0.05, 0.1) is 27.2 Å². The first-order valence-electron chi connectivity index (χ1n) is 11.8. The molecule has 1 saturated heterocycles. The predicted molar refractivity (Wildman–Crippen MR) is 132 cm³/mol. The van der Waals surface area contributed by atoms with Crippen LogP contribution in [0.4, 0.5) is 0 Å². The van der Waals surface area contributed by atoms with Crippen molar-refractivity contribution in [1.82, 2.24) is 4.90 Å². The number of Topliss-reactive ketones (excluding diaryl/α,β-unsaturated/α-hetero) is 1. The minimum atomic E-state index is -0.577. The summed E-state index contributed by atoms with van der Waals surface area (Å²) >= 11 is 0. The van der Waals surface area contributed by atoms with E-state index in [2.05, 4.69) is 4.90 Å². The van der Waals surface area contributed by atoms with Gasteiger partial charge in [0.2, 0.25) is 0 Å². The van der Waals surface area contributed by atoms with Gasteiger partial charge in [-0.25, -0.2) is 0 Å². The second kappa shape index (κ2) is 9.55. The number of hydrogen-bond acceptors (Lipinski definition) is 6. The Bertz CT molecular complexity index is 1230. The fourth-order valence-corrected chi connectivity index (χ4v) is 5.88. The zero-order valence-corrected chi connectivity index (χ0v) is 20.1. The van der Waals surface area contributed by atoms with Crippen LogP contribution in [-0.4, -0.2) is 50.6 Å². The molecule has 0 spiro atoms. The monoisotopic (exact) mass is 471 g/mol. The molecule has 4 atom stereocenters. The summed E-state index contributed by atoms with van der Waals surface area (Å²) in [5, 5.41) is 0. The molecule has 2 aliphatic heterocycles. The predicted octanol–water partition coefficient (Wildman–Crippen LogP) is 4.44. The lowest BCUT2D eigenvalue weighted by atomic mass is 9.75. The summed E-state index contributed by atoms with van der Waals surface area (Å²) in [6.07, 6.45) is 0.730. The van der Waals surface area contributed by atoms with Gasteiger partial charge in [-0.2, -0.15) is 0 Å². The molecule has 0 aliphatic carbocycles. The van der Waals surface area contributed by atoms with Gasteiger partial charge in [0.25, 0.3) is 0 Å². The number of rotatable bonds is 6. The minimum Gasteiger partial charge on any atom is -0.493 e. The van der Waals surface area contributed by atoms with E-state index in [1.807, 2.05) is 72.8 Å². The molecule has 5 rings (SSSR count). The van der Waals surface area contributed by atoms with Gasteiger partial charge >= 0.3 is 5.97 Å². The molecule has 6 nitrogen and oxygen atoms in total. The van der Waals surface area contributed by atoms with E-state index in [1.165, 1.54) is 7.11 Å². The Morgan fingerprint density at radius 2 is 1.49 bits per heavy atom. The molecule has 0 amide bonds. The van der Waals surface area contributed by atoms with Crippen LogP contribution in [0.25, 0.3) is 0 Å². The minimum absolute atomic E-state index is 0.0171. The standard InChI is InChI=1S/C29H29NO5/c1-33-22-16-20-14-15-30-26(21(20)17-23(22)34-2)25(28(31)19-12-8-5-9-13-19)24(27(30)29(32)35-3)18-10-6-4-7-11-18/h4-13,16-17,24-27H,14-15H2,1-3H3/t24-,25-,26-,27+/m1/s1. The lowest BCUT2D eigenvalue weighted by Gasteiger charge is -2.36. The molecular formula is C29H29NO5. The van der Waals surface area contributed by atoms with Gasteiger partial charge in [0.1, 0.15) is 6.04 Å². The number of ketones is 1. The normalized spacial score (nSPS) is 23.2. The van der Waals surface area contributed by atoms with Gasteiger partial charge in [-0.1, -0.05) is 60.7 Å². The smallest absolute Gasteiger partial charge is 0.323 e. The molecule has 3 aromatic rings. The van der Waals surface area contributed by atoms with Crippen molar-refractivity contribution < 1.29 is 23.8 Å². The third-order valence-corrected chi connectivity index (χ3v) is 7.37. The molecule has 0 N–H and O–H groups in total. The zero-order chi connectivity index (χ0) is 24.5. The maximum absolute atomic E-state index is 14.2. The number of benzene rings is 3. The first kappa shape index (κ1) is 23.1. The third-order valence-electron chi connectivity index (χ3n) is 7.37. The van der Waals surface area contributed by atoms with Crippen LogP contribution in [0, 0.1) is 5.92 Å². The largest absolute Gasteiger partial charge is 0.493 e. The molecule has 6 heteroatoms. The second-order valence-electron chi connectivity index (χ2n) is 9.00. The summed E-state index contributed by atoms with van der Waals surface area (Å²) in [5.41, 5.74) is 3.69. The average molecular weight is 472 g/mol. The van der Waals surface area contributed by atoms with E-state index < -0.39 is 12.0 Å². The van der Waals surface area contributed by atoms with Crippen LogP contribution in [0.15, 0.2) is 72.8 Å². The quantitative estimate of drug-likeness (QED) is 0.391. The van der Waals surface area contributed by atoms with E-state index >= 15 is 0 Å². The molecule has 35 heavy (non-hydrogen) atoms. The number of methoxy groups -OCH3 is 3. The van der Waals surface area contributed by atoms with Crippen LogP contribution < -0.4 is 9.47 Å². The van der Waals surface area contributed by atoms with Crippen LogP contribution in [0.1, 0.15) is 39.0 Å². The molecule has 2 heterocycles. The highest BCUT2D eigenvalue weighted by Crippen LogP contribution is 2.54. The van der Waals surface area contributed by atoms with Crippen LogP contribution in [-0.2, 0) is 16.0 Å². The zero-order valence-electron chi connectivity index (χ0n) is 20.1. The van der Waals surface area contributed by atoms with Crippen LogP contribution in [0.5, 0.6) is 11.5 Å². The SMILES string of the molecule is COC(=O)[C@@H]1[C@H](c2ccccc2)[C@@H](C(=O)c2ccccc2)[C@H]2c3cc(OC)c(OC)cc3CCN12. The van der Waals surface area contributed by atoms with E-state index in [0.717, 1.165) is 23.1 Å². The van der Waals surface area contributed by atoms with Crippen molar-refractivity contribution in [3.05, 3.63) is 95.1 Å². The summed E-state index contributed by atoms with van der Waals surface area (Å²) in [6, 6.07) is 22.3. The second-order valence-corrected chi connectivity index (χ2v) is 9.00. The molecule has 3 aromatic carbocycles. The average Bonchev–Trinajstić information content (AvgIpc) is 3.27. The summed E-state index contributed by atoms with van der Waals surface area (Å²) in [7, 11) is 4.64. The van der Waals surface area contributed by atoms with Crippen molar-refractivity contribution in [3.8, 4) is 11.5 Å². The summed E-state index contributed by atoms with van der Waals surface area (Å²) in [5.74, 6) is 0.116. The lowest BCUT2D eigenvalue weighted by molar-refractivity contribution is -0.147. The van der Waals surface area contributed by atoms with Crippen LogP contribution in [0.3, 0.4) is 0 Å². The van der Waals surface area contributed by atoms with Gasteiger partial charge in [0, 0.05) is 24.1 Å². The molecule has 0 aromatic heterocycles. The fraction of sp³-hybridized carbons (Fsp3) is 0.310. The highest BCUT2D eigenvalue weighted by Gasteiger charge is 2.57. The van der Waals surface area contributed by atoms with Crippen LogP contribution in [0.2, 0.25) is 0 Å². The van der Waals surface area contributed by atoms with Crippen molar-refractivity contribution in [3.63, 3.8) is 0 Å². The maximum atomic E-state index is 14.2. The molecule has 0 radical (unpaired) electrons. The van der Waals surface area contributed by atoms with Gasteiger partial charge in [-0.15, -0.1) is 0 Å². The highest BCUT2D eigenvalue weighted by molar-refractivity contribution is 6.00. The van der Waals surface area contributed by atoms with Crippen molar-refractivity contribution in [1.29, 1.82) is 0 Å². The van der Waals surface area contributed by atoms with E-state index in [-0.39, 0.29) is 23.7 Å². The molecule has 1 fully saturated rings. The molecule has 2 aliphatic rings. The van der Waals surface area contributed by atoms with E-state index in [9.17, 15) is 9.59 Å². The Morgan fingerprint density at radius 3 is 2.11 bits per heavy atom. The highest BCUT2D eigenvalue weighted by atomic mass is 16.5. The molecular weight excluding hydrogens is 442 g/mol. The Labute approximate surface area is 205 Å². The molecule has 180 valence electrons. The summed E-state index contributed by atoms with van der Waals surface area (Å²) in [4.78, 5) is 29.6. The van der Waals surface area contributed by atoms with E-state index in [0.29, 0.717) is 23.6 Å². The number of carbonyl (C=O) groups is 2. The number of fused-ring (bicyclic) bond motifs is 3. The van der Waals surface area contributed by atoms with Crippen LogP contribution >= 0.6 is 0 Å². The maximum Gasteiger partial charge on any atom is 0.323 e. The van der Waals surface area contributed by atoms with E-state index in [4.69, 9.17) is 14.2 Å². The van der Waals surface area contributed by atoms with Gasteiger partial charge in [-0.3, -0.25) is 14.5 Å². The number of carbonyl (C=O) groups excluding carboxylic acids is 2. The van der Waals surface area contributed by atoms with E-state index in [1.54, 1.807) is 14.2 Å². The number of hydrogen-bond donors (Lipinski definition) is 0. The van der Waals surface area contributed by atoms with Crippen molar-refractivity contribution >= 4 is 11.8 Å². The molecule has 0 bridgehead atoms. The lowest BCUT2D eigenvalue weighted by Crippen LogP contribution is -2.43. The summed E-state index contributed by atoms with van der Waals surface area (Å²) in [6.45, 7) is 0.634. The first-order chi connectivity index (χ1) is 17.1. The van der Waals surface area contributed by atoms with Gasteiger partial charge in [0.15, 0.2) is 17.3 Å². The first-order valence-corrected chi connectivity index (χ1v) is 11.8. The fourth-order valence-electron chi connectivity index (χ4n) is 5.88.